The molecule has 0 unspecified atom stereocenters. The maximum Gasteiger partial charge on any atom is 0.323 e. The fraction of sp³-hybridized carbons (Fsp3) is 0.222. The fourth-order valence-electron chi connectivity index (χ4n) is 4.27. The highest BCUT2D eigenvalue weighted by Crippen LogP contribution is 2.37. The first-order valence-electron chi connectivity index (χ1n) is 12.6. The van der Waals surface area contributed by atoms with Gasteiger partial charge in [-0.25, -0.2) is 19.4 Å². The number of carbonyl (C=O) groups is 1. The quantitative estimate of drug-likeness (QED) is 0.187. The Morgan fingerprint density at radius 3 is 2.55 bits per heavy atom. The number of nitrogen functional groups attached to an aromatic ring is 1. The van der Waals surface area contributed by atoms with Gasteiger partial charge in [-0.05, 0) is 54.5 Å². The van der Waals surface area contributed by atoms with Crippen LogP contribution in [0, 0.1) is 0 Å². The van der Waals surface area contributed by atoms with E-state index in [2.05, 4.69) is 20.9 Å². The van der Waals surface area contributed by atoms with Crippen LogP contribution in [0.25, 0.3) is 33.8 Å². The first-order chi connectivity index (χ1) is 19.5. The summed E-state index contributed by atoms with van der Waals surface area (Å²) < 4.78 is 18.0. The highest BCUT2D eigenvalue weighted by atomic mass is 16.6. The molecule has 0 saturated heterocycles. The highest BCUT2D eigenvalue weighted by molar-refractivity contribution is 6.01. The minimum Gasteiger partial charge on any atom is -0.497 e. The molecule has 5 rings (SSSR count). The minimum atomic E-state index is -0.404. The molecule has 0 aliphatic carbocycles. The lowest BCUT2D eigenvalue weighted by atomic mass is 10.1. The molecule has 6 N–H and O–H groups in total. The van der Waals surface area contributed by atoms with Gasteiger partial charge >= 0.3 is 6.03 Å². The second-order valence-electron chi connectivity index (χ2n) is 8.73. The largest absolute Gasteiger partial charge is 0.497 e. The van der Waals surface area contributed by atoms with Crippen molar-refractivity contribution in [3.8, 4) is 34.3 Å². The Morgan fingerprint density at radius 2 is 1.85 bits per heavy atom. The monoisotopic (exact) mass is 543 g/mol. The number of anilines is 3. The third-order valence-electron chi connectivity index (χ3n) is 6.11. The Morgan fingerprint density at radius 1 is 1.07 bits per heavy atom. The number of ether oxygens (including phenoxy) is 2. The van der Waals surface area contributed by atoms with Crippen molar-refractivity contribution in [2.45, 2.75) is 19.9 Å². The molecule has 40 heavy (non-hydrogen) atoms. The van der Waals surface area contributed by atoms with Crippen molar-refractivity contribution in [1.29, 1.82) is 0 Å². The predicted molar refractivity (Wildman–Crippen MR) is 151 cm³/mol. The Kier molecular flexibility index (Phi) is 7.73. The van der Waals surface area contributed by atoms with Gasteiger partial charge in [0.05, 0.1) is 25.6 Å². The lowest BCUT2D eigenvalue weighted by Gasteiger charge is -2.12. The maximum absolute atomic E-state index is 12.7. The molecule has 0 spiro atoms. The van der Waals surface area contributed by atoms with Crippen molar-refractivity contribution in [2.24, 2.45) is 5.73 Å². The predicted octanol–water partition coefficient (Wildman–Crippen LogP) is 4.13. The van der Waals surface area contributed by atoms with Gasteiger partial charge in [0, 0.05) is 29.5 Å². The van der Waals surface area contributed by atoms with E-state index in [1.165, 1.54) is 0 Å². The summed E-state index contributed by atoms with van der Waals surface area (Å²) >= 11 is 0. The van der Waals surface area contributed by atoms with Gasteiger partial charge in [-0.15, -0.1) is 0 Å². The van der Waals surface area contributed by atoms with Crippen LogP contribution >= 0.6 is 0 Å². The summed E-state index contributed by atoms with van der Waals surface area (Å²) in [7, 11) is 1.57. The minimum absolute atomic E-state index is 0.123. The number of hydrogen-bond acceptors (Lipinski definition) is 10. The van der Waals surface area contributed by atoms with Crippen LogP contribution in [0.1, 0.15) is 13.3 Å². The highest BCUT2D eigenvalue weighted by Gasteiger charge is 2.24. The third kappa shape index (κ3) is 5.35. The van der Waals surface area contributed by atoms with E-state index >= 15 is 0 Å². The van der Waals surface area contributed by atoms with Crippen LogP contribution < -0.4 is 31.6 Å². The van der Waals surface area contributed by atoms with Gasteiger partial charge in [0.2, 0.25) is 0 Å². The van der Waals surface area contributed by atoms with Gasteiger partial charge in [-0.1, -0.05) is 18.2 Å². The average Bonchev–Trinajstić information content (AvgIpc) is 3.56. The van der Waals surface area contributed by atoms with Crippen LogP contribution in [-0.4, -0.2) is 51.1 Å². The van der Waals surface area contributed by atoms with E-state index in [0.29, 0.717) is 71.7 Å². The molecule has 0 aliphatic rings. The van der Waals surface area contributed by atoms with E-state index in [9.17, 15) is 4.79 Å². The Labute approximate surface area is 229 Å². The molecule has 2 aromatic carbocycles. The molecule has 5 aromatic rings. The summed E-state index contributed by atoms with van der Waals surface area (Å²) in [6.07, 6.45) is 2.34. The van der Waals surface area contributed by atoms with Gasteiger partial charge in [0.1, 0.15) is 16.8 Å². The molecule has 13 heteroatoms. The Balaban J connectivity index is 1.52. The number of urea groups is 1. The number of nitrogens with one attached hydrogen (secondary N) is 2. The first-order valence-corrected chi connectivity index (χ1v) is 12.6. The zero-order chi connectivity index (χ0) is 28.1. The molecular weight excluding hydrogens is 514 g/mol. The molecule has 206 valence electrons. The number of nitrogens with zero attached hydrogens (tertiary/aromatic N) is 5. The van der Waals surface area contributed by atoms with Gasteiger partial charge in [-0.3, -0.25) is 0 Å². The molecule has 0 radical (unpaired) electrons. The average molecular weight is 544 g/mol. The molecule has 0 bridgehead atoms. The summed E-state index contributed by atoms with van der Waals surface area (Å²) in [5.41, 5.74) is 15.8. The number of aryl methyl sites for hydroxylation is 1. The van der Waals surface area contributed by atoms with Crippen molar-refractivity contribution < 1.29 is 18.9 Å². The Hall–Kier alpha value is -5.17. The summed E-state index contributed by atoms with van der Waals surface area (Å²) in [5, 5.41) is 13.3. The molecule has 13 nitrogen and oxygen atoms in total. The normalized spacial score (nSPS) is 11.0. The number of amides is 2. The van der Waals surface area contributed by atoms with Gasteiger partial charge in [-0.2, -0.15) is 0 Å². The van der Waals surface area contributed by atoms with Crippen molar-refractivity contribution >= 4 is 34.3 Å². The van der Waals surface area contributed by atoms with Gasteiger partial charge < -0.3 is 36.1 Å². The number of hydrogen-bond donors (Lipinski definition) is 4. The Bertz CT molecular complexity index is 1650. The SMILES string of the molecule is CCn1c(-c2nonc2N)nc2c(-c3cccc(NC(=O)Nc4cccc(OC)c4)c3)ncc(OCCCN)c21. The van der Waals surface area contributed by atoms with E-state index in [1.54, 1.807) is 43.6 Å². The van der Waals surface area contributed by atoms with Crippen molar-refractivity contribution in [2.75, 3.05) is 36.6 Å². The number of pyridine rings is 1. The van der Waals surface area contributed by atoms with E-state index in [1.807, 2.05) is 29.7 Å². The standard InChI is InChI=1S/C27H29N9O4/c1-3-36-24-20(39-12-6-11-28)15-30-21(22(24)33-26(36)23-25(29)35-40-34-23)16-7-4-8-17(13-16)31-27(37)32-18-9-5-10-19(14-18)38-2/h4-5,7-10,13-15H,3,6,11-12,28H2,1-2H3,(H2,29,35)(H2,31,32,37). The zero-order valence-corrected chi connectivity index (χ0v) is 22.0. The van der Waals surface area contributed by atoms with Gasteiger partial charge in [0.15, 0.2) is 23.1 Å². The van der Waals surface area contributed by atoms with E-state index in [4.69, 9.17) is 35.5 Å². The number of methoxy groups -OCH3 is 1. The van der Waals surface area contributed by atoms with Crippen LogP contribution in [0.15, 0.2) is 59.4 Å². The molecule has 0 aliphatic heterocycles. The number of benzene rings is 2. The smallest absolute Gasteiger partial charge is 0.323 e. The lowest BCUT2D eigenvalue weighted by Crippen LogP contribution is -2.19. The third-order valence-corrected chi connectivity index (χ3v) is 6.11. The zero-order valence-electron chi connectivity index (χ0n) is 22.0. The number of nitrogens with two attached hydrogens (primary N) is 2. The molecule has 0 fully saturated rings. The van der Waals surface area contributed by atoms with Crippen LogP contribution in [0.2, 0.25) is 0 Å². The van der Waals surface area contributed by atoms with E-state index in [0.717, 1.165) is 11.1 Å². The molecular formula is C27H29N9O4. The number of carbonyl (C=O) groups excluding carboxylic acids is 1. The molecule has 0 saturated carbocycles. The molecule has 0 atom stereocenters. The fourth-order valence-corrected chi connectivity index (χ4v) is 4.27. The topological polar surface area (TPSA) is 181 Å². The lowest BCUT2D eigenvalue weighted by molar-refractivity contribution is 0.262. The van der Waals surface area contributed by atoms with Crippen LogP contribution in [0.5, 0.6) is 11.5 Å². The van der Waals surface area contributed by atoms with Crippen molar-refractivity contribution in [3.05, 3.63) is 54.7 Å². The number of imidazole rings is 1. The number of rotatable bonds is 10. The maximum atomic E-state index is 12.7. The molecule has 3 aromatic heterocycles. The molecule has 3 heterocycles. The van der Waals surface area contributed by atoms with E-state index < -0.39 is 6.03 Å². The van der Waals surface area contributed by atoms with Crippen molar-refractivity contribution in [3.63, 3.8) is 0 Å². The molecule has 2 amide bonds. The van der Waals surface area contributed by atoms with Crippen LogP contribution in [0.3, 0.4) is 0 Å². The summed E-state index contributed by atoms with van der Waals surface area (Å²) in [6.45, 7) is 3.44. The van der Waals surface area contributed by atoms with Crippen LogP contribution in [-0.2, 0) is 6.54 Å². The first kappa shape index (κ1) is 26.4. The summed E-state index contributed by atoms with van der Waals surface area (Å²) in [6, 6.07) is 14.0. The number of aromatic nitrogens is 5. The summed E-state index contributed by atoms with van der Waals surface area (Å²) in [5.74, 6) is 1.79. The second kappa shape index (κ2) is 11.7. The summed E-state index contributed by atoms with van der Waals surface area (Å²) in [4.78, 5) is 22.3. The van der Waals surface area contributed by atoms with Crippen LogP contribution in [0.4, 0.5) is 22.0 Å². The van der Waals surface area contributed by atoms with E-state index in [-0.39, 0.29) is 5.82 Å². The van der Waals surface area contributed by atoms with Crippen molar-refractivity contribution in [1.82, 2.24) is 24.8 Å². The van der Waals surface area contributed by atoms with Gasteiger partial charge in [0.25, 0.3) is 0 Å². The number of fused-ring (bicyclic) bond motifs is 1. The second-order valence-corrected chi connectivity index (χ2v) is 8.73.